The summed E-state index contributed by atoms with van der Waals surface area (Å²) in [5.74, 6) is 1.27. The number of rotatable bonds is 3. The molecule has 2 aromatic carbocycles. The largest absolute Gasteiger partial charge is 0.359 e. The second-order valence-electron chi connectivity index (χ2n) is 11.5. The average molecular weight is 549 g/mol. The number of carbonyl (C=O) groups excluding carboxylic acids is 2. The lowest BCUT2D eigenvalue weighted by Gasteiger charge is -2.18. The zero-order chi connectivity index (χ0) is 29.5. The smallest absolute Gasteiger partial charge is 0.324 e. The van der Waals surface area contributed by atoms with Crippen LogP contribution in [-0.2, 0) is 5.41 Å². The molecule has 1 aliphatic heterocycles. The minimum absolute atomic E-state index is 0.0837. The van der Waals surface area contributed by atoms with Gasteiger partial charge < -0.3 is 15.2 Å². The van der Waals surface area contributed by atoms with Crippen LogP contribution in [0.3, 0.4) is 0 Å². The number of aryl methyl sites for hydroxylation is 1. The van der Waals surface area contributed by atoms with Crippen LogP contribution in [-0.4, -0.2) is 29.6 Å². The van der Waals surface area contributed by atoms with Crippen molar-refractivity contribution in [3.05, 3.63) is 83.4 Å². The molecule has 1 aromatic heterocycles. The number of amides is 4. The number of aromatic nitrogens is 1. The van der Waals surface area contributed by atoms with E-state index >= 15 is 0 Å². The van der Waals surface area contributed by atoms with Gasteiger partial charge in [0.05, 0.1) is 6.54 Å². The van der Waals surface area contributed by atoms with Crippen molar-refractivity contribution < 1.29 is 18.5 Å². The second kappa shape index (κ2) is 12.6. The van der Waals surface area contributed by atoms with Crippen molar-refractivity contribution in [2.45, 2.75) is 53.9 Å². The lowest BCUT2D eigenvalue weighted by atomic mass is 9.87. The van der Waals surface area contributed by atoms with E-state index in [-0.39, 0.29) is 22.7 Å². The Bertz CT molecular complexity index is 1380. The molecule has 0 saturated heterocycles. The van der Waals surface area contributed by atoms with Crippen molar-refractivity contribution in [1.82, 2.24) is 10.5 Å². The Balaban J connectivity index is 0.000000220. The third kappa shape index (κ3) is 9.37. The standard InChI is InChI=1S/C16H21N3O.C14H16FN3O2/c1-11-5-7-13(8-6-11)18-15(20)19-14-9-12(10-17-14)16(2,3)4;1-14(2,3)11-8-12(18-20-11)17-13(19)16-10-6-4-9(15)5-7-10/h5-9H,10H2,1-4H3,(H2,17,18,19,20);4-8H,1-3H3,(H2,16,17,18,19). The summed E-state index contributed by atoms with van der Waals surface area (Å²) in [5, 5.41) is 14.4. The van der Waals surface area contributed by atoms with E-state index in [1.54, 1.807) is 6.07 Å². The van der Waals surface area contributed by atoms with Gasteiger partial charge in [0, 0.05) is 22.9 Å². The summed E-state index contributed by atoms with van der Waals surface area (Å²) in [5.41, 5.74) is 3.55. The summed E-state index contributed by atoms with van der Waals surface area (Å²) < 4.78 is 17.9. The first kappa shape index (κ1) is 30.1. The number of amidine groups is 1. The van der Waals surface area contributed by atoms with Crippen LogP contribution in [0.15, 0.2) is 75.8 Å². The molecule has 1 aliphatic rings. The highest BCUT2D eigenvalue weighted by molar-refractivity contribution is 6.09. The first-order valence-electron chi connectivity index (χ1n) is 12.9. The van der Waals surface area contributed by atoms with E-state index in [4.69, 9.17) is 4.52 Å². The van der Waals surface area contributed by atoms with Gasteiger partial charge in [-0.1, -0.05) is 64.4 Å². The van der Waals surface area contributed by atoms with Gasteiger partial charge in [-0.05, 0) is 60.4 Å². The van der Waals surface area contributed by atoms with E-state index in [0.717, 1.165) is 11.3 Å². The van der Waals surface area contributed by atoms with Crippen molar-refractivity contribution in [2.24, 2.45) is 10.4 Å². The Hall–Kier alpha value is -4.47. The molecule has 212 valence electrons. The lowest BCUT2D eigenvalue weighted by molar-refractivity contribution is 0.256. The highest BCUT2D eigenvalue weighted by Gasteiger charge is 2.22. The topological polar surface area (TPSA) is 121 Å². The van der Waals surface area contributed by atoms with Gasteiger partial charge in [-0.3, -0.25) is 15.6 Å². The van der Waals surface area contributed by atoms with Gasteiger partial charge in [0.2, 0.25) is 0 Å². The number of anilines is 3. The molecule has 4 amide bonds. The fraction of sp³-hybridized carbons (Fsp3) is 0.333. The third-order valence-electron chi connectivity index (χ3n) is 5.84. The van der Waals surface area contributed by atoms with Crippen molar-refractivity contribution in [3.8, 4) is 0 Å². The van der Waals surface area contributed by atoms with Crippen LogP contribution >= 0.6 is 0 Å². The normalized spacial score (nSPS) is 12.9. The van der Waals surface area contributed by atoms with Crippen molar-refractivity contribution >= 4 is 35.1 Å². The van der Waals surface area contributed by atoms with Gasteiger partial charge in [0.25, 0.3) is 0 Å². The van der Waals surface area contributed by atoms with Crippen molar-refractivity contribution in [1.29, 1.82) is 0 Å². The minimum Gasteiger partial charge on any atom is -0.359 e. The molecule has 0 atom stereocenters. The summed E-state index contributed by atoms with van der Waals surface area (Å²) >= 11 is 0. The summed E-state index contributed by atoms with van der Waals surface area (Å²) in [4.78, 5) is 27.9. The Morgan fingerprint density at radius 3 is 1.85 bits per heavy atom. The molecule has 0 spiro atoms. The predicted molar refractivity (Wildman–Crippen MR) is 157 cm³/mol. The maximum absolute atomic E-state index is 12.7. The first-order valence-corrected chi connectivity index (χ1v) is 12.9. The number of aliphatic imine (C=N–C) groups is 1. The summed E-state index contributed by atoms with van der Waals surface area (Å²) in [6, 6.07) is 14.1. The number of carbonyl (C=O) groups is 2. The summed E-state index contributed by atoms with van der Waals surface area (Å²) in [7, 11) is 0. The SMILES string of the molecule is CC(C)(C)c1cc(NC(=O)Nc2ccc(F)cc2)no1.Cc1ccc(NC(=O)NC2=NCC(C(C)(C)C)=C2)cc1. The highest BCUT2D eigenvalue weighted by atomic mass is 19.1. The quantitative estimate of drug-likeness (QED) is 0.275. The maximum Gasteiger partial charge on any atom is 0.324 e. The first-order chi connectivity index (χ1) is 18.7. The van der Waals surface area contributed by atoms with Gasteiger partial charge in [-0.25, -0.2) is 14.0 Å². The molecule has 0 aliphatic carbocycles. The van der Waals surface area contributed by atoms with Crippen LogP contribution < -0.4 is 21.3 Å². The van der Waals surface area contributed by atoms with E-state index in [1.807, 2.05) is 58.0 Å². The molecule has 0 unspecified atom stereocenters. The highest BCUT2D eigenvalue weighted by Crippen LogP contribution is 2.27. The molecule has 0 bridgehead atoms. The Morgan fingerprint density at radius 2 is 1.35 bits per heavy atom. The van der Waals surface area contributed by atoms with Gasteiger partial charge in [-0.15, -0.1) is 0 Å². The summed E-state index contributed by atoms with van der Waals surface area (Å²) in [6.45, 7) is 15.0. The average Bonchev–Trinajstić information content (AvgIpc) is 3.52. The Labute approximate surface area is 234 Å². The molecule has 4 N–H and O–H groups in total. The van der Waals surface area contributed by atoms with E-state index < -0.39 is 6.03 Å². The molecule has 0 saturated carbocycles. The Kier molecular flexibility index (Phi) is 9.47. The van der Waals surface area contributed by atoms with Crippen LogP contribution in [0, 0.1) is 18.2 Å². The molecule has 3 aromatic rings. The van der Waals surface area contributed by atoms with Gasteiger partial charge in [-0.2, -0.15) is 0 Å². The zero-order valence-electron chi connectivity index (χ0n) is 24.0. The van der Waals surface area contributed by atoms with Crippen LogP contribution in [0.25, 0.3) is 0 Å². The molecule has 10 heteroatoms. The number of hydrogen-bond acceptors (Lipinski definition) is 5. The number of urea groups is 2. The molecule has 9 nitrogen and oxygen atoms in total. The number of hydrogen-bond donors (Lipinski definition) is 4. The fourth-order valence-electron chi connectivity index (χ4n) is 3.37. The Morgan fingerprint density at radius 1 is 0.800 bits per heavy atom. The second-order valence-corrected chi connectivity index (χ2v) is 11.5. The molecular weight excluding hydrogens is 511 g/mol. The molecule has 4 rings (SSSR count). The van der Waals surface area contributed by atoms with Crippen molar-refractivity contribution in [2.75, 3.05) is 22.5 Å². The fourth-order valence-corrected chi connectivity index (χ4v) is 3.37. The summed E-state index contributed by atoms with van der Waals surface area (Å²) in [6.07, 6.45) is 1.95. The van der Waals surface area contributed by atoms with E-state index in [1.165, 1.54) is 29.8 Å². The monoisotopic (exact) mass is 548 g/mol. The number of halogens is 1. The van der Waals surface area contributed by atoms with Gasteiger partial charge in [0.15, 0.2) is 5.82 Å². The van der Waals surface area contributed by atoms with Crippen LogP contribution in [0.4, 0.5) is 31.2 Å². The van der Waals surface area contributed by atoms with Gasteiger partial charge >= 0.3 is 12.1 Å². The maximum atomic E-state index is 12.7. The minimum atomic E-state index is -0.467. The van der Waals surface area contributed by atoms with Gasteiger partial charge in [0.1, 0.15) is 17.4 Å². The molecule has 2 heterocycles. The molecular formula is C30H37FN6O3. The van der Waals surface area contributed by atoms with E-state index in [9.17, 15) is 14.0 Å². The number of nitrogens with zero attached hydrogens (tertiary/aromatic N) is 2. The van der Waals surface area contributed by atoms with E-state index in [0.29, 0.717) is 29.6 Å². The molecule has 40 heavy (non-hydrogen) atoms. The third-order valence-corrected chi connectivity index (χ3v) is 5.84. The number of benzene rings is 2. The molecule has 0 fully saturated rings. The van der Waals surface area contributed by atoms with Crippen LogP contribution in [0.1, 0.15) is 52.9 Å². The van der Waals surface area contributed by atoms with Crippen LogP contribution in [0.5, 0.6) is 0 Å². The number of nitrogens with one attached hydrogen (secondary N) is 4. The predicted octanol–water partition coefficient (Wildman–Crippen LogP) is 7.26. The van der Waals surface area contributed by atoms with E-state index in [2.05, 4.69) is 52.2 Å². The van der Waals surface area contributed by atoms with Crippen molar-refractivity contribution in [3.63, 3.8) is 0 Å². The zero-order valence-corrected chi connectivity index (χ0v) is 24.0. The van der Waals surface area contributed by atoms with Crippen LogP contribution in [0.2, 0.25) is 0 Å². The lowest BCUT2D eigenvalue weighted by Crippen LogP contribution is -2.32. The molecule has 0 radical (unpaired) electrons.